The second-order valence-corrected chi connectivity index (χ2v) is 9.47. The SMILES string of the molecule is Cc1cc(C)c(CN2CCc3ccc(N(C)S(C)(=O)=O)c(Cl)c3C2=O)c(=O)[nH]1. The molecule has 1 aromatic carbocycles. The maximum atomic E-state index is 13.1. The minimum atomic E-state index is -3.52. The van der Waals surface area contributed by atoms with Crippen molar-refractivity contribution in [2.24, 2.45) is 0 Å². The van der Waals surface area contributed by atoms with Crippen LogP contribution in [0.3, 0.4) is 0 Å². The van der Waals surface area contributed by atoms with E-state index in [1.54, 1.807) is 24.0 Å². The number of carbonyl (C=O) groups is 1. The van der Waals surface area contributed by atoms with Crippen molar-refractivity contribution in [3.05, 3.63) is 61.5 Å². The minimum absolute atomic E-state index is 0.106. The summed E-state index contributed by atoms with van der Waals surface area (Å²) in [6.45, 7) is 4.27. The number of fused-ring (bicyclic) bond motifs is 1. The van der Waals surface area contributed by atoms with E-state index in [4.69, 9.17) is 11.6 Å². The van der Waals surface area contributed by atoms with Crippen LogP contribution < -0.4 is 9.86 Å². The third kappa shape index (κ3) is 3.66. The average Bonchev–Trinajstić information content (AvgIpc) is 2.58. The number of hydrogen-bond acceptors (Lipinski definition) is 4. The van der Waals surface area contributed by atoms with Gasteiger partial charge < -0.3 is 9.88 Å². The van der Waals surface area contributed by atoms with E-state index in [2.05, 4.69) is 4.98 Å². The Balaban J connectivity index is 2.00. The lowest BCUT2D eigenvalue weighted by Gasteiger charge is -2.31. The summed E-state index contributed by atoms with van der Waals surface area (Å²) in [4.78, 5) is 29.8. The Morgan fingerprint density at radius 2 is 1.93 bits per heavy atom. The molecule has 1 aromatic heterocycles. The molecule has 1 aliphatic heterocycles. The van der Waals surface area contributed by atoms with Gasteiger partial charge in [-0.3, -0.25) is 13.9 Å². The number of carbonyl (C=O) groups excluding carboxylic acids is 1. The Kier molecular flexibility index (Phi) is 5.29. The fraction of sp³-hybridized carbons (Fsp3) is 0.368. The highest BCUT2D eigenvalue weighted by Crippen LogP contribution is 2.35. The summed E-state index contributed by atoms with van der Waals surface area (Å²) in [7, 11) is -2.13. The lowest BCUT2D eigenvalue weighted by molar-refractivity contribution is 0.0726. The predicted molar refractivity (Wildman–Crippen MR) is 110 cm³/mol. The summed E-state index contributed by atoms with van der Waals surface area (Å²) in [5.74, 6) is -0.311. The van der Waals surface area contributed by atoms with E-state index in [1.165, 1.54) is 7.05 Å². The third-order valence-electron chi connectivity index (χ3n) is 5.04. The molecule has 9 heteroatoms. The number of anilines is 1. The quantitative estimate of drug-likeness (QED) is 0.816. The highest BCUT2D eigenvalue weighted by atomic mass is 35.5. The van der Waals surface area contributed by atoms with Crippen LogP contribution >= 0.6 is 11.6 Å². The lowest BCUT2D eigenvalue weighted by atomic mass is 9.97. The number of nitrogens with zero attached hydrogens (tertiary/aromatic N) is 2. The fourth-order valence-electron chi connectivity index (χ4n) is 3.40. The van der Waals surface area contributed by atoms with Gasteiger partial charge in [-0.25, -0.2) is 8.42 Å². The normalized spacial score (nSPS) is 14.2. The van der Waals surface area contributed by atoms with E-state index in [1.807, 2.05) is 13.0 Å². The van der Waals surface area contributed by atoms with Gasteiger partial charge in [0.25, 0.3) is 11.5 Å². The van der Waals surface area contributed by atoms with Crippen LogP contribution in [0.1, 0.15) is 32.7 Å². The van der Waals surface area contributed by atoms with E-state index < -0.39 is 10.0 Å². The third-order valence-corrected chi connectivity index (χ3v) is 6.61. The van der Waals surface area contributed by atoms with Gasteiger partial charge in [0.2, 0.25) is 10.0 Å². The Hall–Kier alpha value is -2.32. The molecule has 0 spiro atoms. The number of halogens is 1. The first kappa shape index (κ1) is 20.4. The van der Waals surface area contributed by atoms with Gasteiger partial charge in [-0.1, -0.05) is 17.7 Å². The van der Waals surface area contributed by atoms with Crippen molar-refractivity contribution < 1.29 is 13.2 Å². The lowest BCUT2D eigenvalue weighted by Crippen LogP contribution is -2.39. The van der Waals surface area contributed by atoms with E-state index in [-0.39, 0.29) is 28.7 Å². The van der Waals surface area contributed by atoms with Crippen LogP contribution in [0.2, 0.25) is 5.02 Å². The number of pyridine rings is 1. The zero-order chi connectivity index (χ0) is 20.8. The number of benzene rings is 1. The van der Waals surface area contributed by atoms with E-state index >= 15 is 0 Å². The molecule has 0 bridgehead atoms. The first-order chi connectivity index (χ1) is 13.0. The molecule has 2 aromatic rings. The summed E-state index contributed by atoms with van der Waals surface area (Å²) < 4.78 is 24.8. The molecule has 0 aliphatic carbocycles. The molecule has 7 nitrogen and oxygen atoms in total. The van der Waals surface area contributed by atoms with E-state index in [0.717, 1.165) is 27.4 Å². The second kappa shape index (κ2) is 7.25. The molecule has 1 N–H and O–H groups in total. The standard InChI is InChI=1S/C19H22ClN3O4S/c1-11-9-12(2)21-18(24)14(11)10-23-8-7-13-5-6-15(22(3)28(4,26)27)17(20)16(13)19(23)25/h5-6,9H,7-8,10H2,1-4H3,(H,21,24). The second-order valence-electron chi connectivity index (χ2n) is 7.08. The van der Waals surface area contributed by atoms with Gasteiger partial charge in [0.1, 0.15) is 0 Å². The van der Waals surface area contributed by atoms with Gasteiger partial charge in [0, 0.05) is 24.8 Å². The minimum Gasteiger partial charge on any atom is -0.334 e. The van der Waals surface area contributed by atoms with Crippen LogP contribution in [-0.2, 0) is 23.0 Å². The monoisotopic (exact) mass is 423 g/mol. The molecule has 1 aliphatic rings. The number of rotatable bonds is 4. The average molecular weight is 424 g/mol. The van der Waals surface area contributed by atoms with Gasteiger partial charge in [-0.2, -0.15) is 0 Å². The van der Waals surface area contributed by atoms with Gasteiger partial charge in [-0.05, 0) is 43.5 Å². The highest BCUT2D eigenvalue weighted by Gasteiger charge is 2.30. The van der Waals surface area contributed by atoms with Gasteiger partial charge >= 0.3 is 0 Å². The van der Waals surface area contributed by atoms with Gasteiger partial charge in [0.15, 0.2) is 0 Å². The van der Waals surface area contributed by atoms with Crippen molar-refractivity contribution >= 4 is 33.2 Å². The molecule has 2 heterocycles. The van der Waals surface area contributed by atoms with Crippen molar-refractivity contribution in [2.75, 3.05) is 24.2 Å². The smallest absolute Gasteiger partial charge is 0.256 e. The first-order valence-corrected chi connectivity index (χ1v) is 11.0. The summed E-state index contributed by atoms with van der Waals surface area (Å²) >= 11 is 6.45. The molecular formula is C19H22ClN3O4S. The van der Waals surface area contributed by atoms with Gasteiger partial charge in [-0.15, -0.1) is 0 Å². The van der Waals surface area contributed by atoms with Crippen molar-refractivity contribution in [1.29, 1.82) is 0 Å². The van der Waals surface area contributed by atoms with E-state index in [0.29, 0.717) is 24.1 Å². The van der Waals surface area contributed by atoms with Crippen LogP contribution in [0.25, 0.3) is 0 Å². The van der Waals surface area contributed by atoms with E-state index in [9.17, 15) is 18.0 Å². The number of aryl methyl sites for hydroxylation is 2. The summed E-state index contributed by atoms with van der Waals surface area (Å²) in [5, 5.41) is 0.106. The molecule has 3 rings (SSSR count). The first-order valence-electron chi connectivity index (χ1n) is 8.74. The number of hydrogen-bond donors (Lipinski definition) is 1. The highest BCUT2D eigenvalue weighted by molar-refractivity contribution is 7.92. The van der Waals surface area contributed by atoms with Crippen LogP contribution in [0.4, 0.5) is 5.69 Å². The Bertz CT molecular complexity index is 1120. The number of aromatic amines is 1. The molecule has 0 radical (unpaired) electrons. The van der Waals surface area contributed by atoms with Crippen LogP contribution in [0, 0.1) is 13.8 Å². The molecule has 150 valence electrons. The largest absolute Gasteiger partial charge is 0.334 e. The molecule has 28 heavy (non-hydrogen) atoms. The zero-order valence-corrected chi connectivity index (χ0v) is 17.7. The van der Waals surface area contributed by atoms with Crippen molar-refractivity contribution in [3.8, 4) is 0 Å². The topological polar surface area (TPSA) is 90.6 Å². The molecule has 1 amide bonds. The molecule has 0 unspecified atom stereocenters. The maximum absolute atomic E-state index is 13.1. The van der Waals surface area contributed by atoms with Crippen molar-refractivity contribution in [3.63, 3.8) is 0 Å². The molecule has 0 saturated heterocycles. The fourth-order valence-corrected chi connectivity index (χ4v) is 4.35. The van der Waals surface area contributed by atoms with Crippen LogP contribution in [0.5, 0.6) is 0 Å². The Morgan fingerprint density at radius 1 is 1.25 bits per heavy atom. The van der Waals surface area contributed by atoms with Gasteiger partial charge in [0.05, 0.1) is 29.1 Å². The number of H-pyrrole nitrogens is 1. The summed E-state index contributed by atoms with van der Waals surface area (Å²) in [6.07, 6.45) is 1.65. The van der Waals surface area contributed by atoms with Crippen molar-refractivity contribution in [2.45, 2.75) is 26.8 Å². The predicted octanol–water partition coefficient (Wildman–Crippen LogP) is 2.24. The number of amides is 1. The van der Waals surface area contributed by atoms with Crippen molar-refractivity contribution in [1.82, 2.24) is 9.88 Å². The summed E-state index contributed by atoms with van der Waals surface area (Å²) in [5.41, 5.74) is 3.21. The Labute approximate surface area is 169 Å². The zero-order valence-electron chi connectivity index (χ0n) is 16.2. The number of nitrogens with one attached hydrogen (secondary N) is 1. The maximum Gasteiger partial charge on any atom is 0.256 e. The Morgan fingerprint density at radius 3 is 2.54 bits per heavy atom. The number of sulfonamides is 1. The molecule has 0 saturated carbocycles. The van der Waals surface area contributed by atoms with Crippen LogP contribution in [-0.4, -0.2) is 44.1 Å². The van der Waals surface area contributed by atoms with Crippen LogP contribution in [0.15, 0.2) is 23.0 Å². The molecular weight excluding hydrogens is 402 g/mol. The molecule has 0 atom stereocenters. The molecule has 0 fully saturated rings. The summed E-state index contributed by atoms with van der Waals surface area (Å²) in [6, 6.07) is 5.21. The number of aromatic nitrogens is 1.